The van der Waals surface area contributed by atoms with Crippen molar-refractivity contribution in [2.24, 2.45) is 23.2 Å². The van der Waals surface area contributed by atoms with Crippen LogP contribution in [0.1, 0.15) is 53.4 Å². The molecule has 0 spiro atoms. The minimum absolute atomic E-state index is 0.131. The van der Waals surface area contributed by atoms with Gasteiger partial charge in [-0.05, 0) is 37.5 Å². The van der Waals surface area contributed by atoms with Crippen molar-refractivity contribution in [2.75, 3.05) is 0 Å². The third-order valence-corrected chi connectivity index (χ3v) is 5.84. The van der Waals surface area contributed by atoms with Crippen molar-refractivity contribution in [3.63, 3.8) is 0 Å². The Bertz CT molecular complexity index is 366. The third kappa shape index (κ3) is 1.06. The highest BCUT2D eigenvalue weighted by molar-refractivity contribution is 5.41. The summed E-state index contributed by atoms with van der Waals surface area (Å²) in [6, 6.07) is 0. The second kappa shape index (κ2) is 2.93. The molecule has 0 amide bonds. The second-order valence-electron chi connectivity index (χ2n) is 6.94. The molecule has 1 saturated carbocycles. The molecule has 4 atom stereocenters. The van der Waals surface area contributed by atoms with E-state index in [1.807, 2.05) is 0 Å². The Morgan fingerprint density at radius 2 is 1.81 bits per heavy atom. The van der Waals surface area contributed by atoms with E-state index in [4.69, 9.17) is 0 Å². The maximum Gasteiger partial charge on any atom is 0.0776 e. The molecule has 3 rings (SSSR count). The highest BCUT2D eigenvalue weighted by Crippen LogP contribution is 2.71. The van der Waals surface area contributed by atoms with Crippen molar-refractivity contribution in [3.8, 4) is 0 Å². The number of fused-ring (bicyclic) bond motifs is 2. The van der Waals surface area contributed by atoms with Gasteiger partial charge in [0.15, 0.2) is 0 Å². The van der Waals surface area contributed by atoms with E-state index in [1.54, 1.807) is 11.1 Å². The summed E-state index contributed by atoms with van der Waals surface area (Å²) in [4.78, 5) is 0. The molecular formula is C15H24O. The maximum atomic E-state index is 10.8. The monoisotopic (exact) mass is 220 g/mol. The van der Waals surface area contributed by atoms with Crippen molar-refractivity contribution in [1.82, 2.24) is 0 Å². The molecule has 0 radical (unpaired) electrons. The summed E-state index contributed by atoms with van der Waals surface area (Å²) >= 11 is 0. The zero-order chi connectivity index (χ0) is 11.7. The highest BCUT2D eigenvalue weighted by atomic mass is 16.3. The van der Waals surface area contributed by atoms with E-state index in [9.17, 15) is 5.11 Å². The summed E-state index contributed by atoms with van der Waals surface area (Å²) in [7, 11) is 0. The van der Waals surface area contributed by atoms with E-state index in [2.05, 4.69) is 27.7 Å². The molecular weight excluding hydrogens is 196 g/mol. The summed E-state index contributed by atoms with van der Waals surface area (Å²) in [5, 5.41) is 10.8. The molecule has 0 aromatic rings. The normalized spacial score (nSPS) is 49.7. The Labute approximate surface area is 98.9 Å². The molecule has 3 aliphatic carbocycles. The van der Waals surface area contributed by atoms with Crippen LogP contribution in [0.5, 0.6) is 0 Å². The van der Waals surface area contributed by atoms with Crippen LogP contribution in [-0.4, -0.2) is 10.7 Å². The fourth-order valence-electron chi connectivity index (χ4n) is 4.54. The molecule has 0 unspecified atom stereocenters. The van der Waals surface area contributed by atoms with Gasteiger partial charge in [0.2, 0.25) is 0 Å². The number of rotatable bonds is 0. The van der Waals surface area contributed by atoms with Gasteiger partial charge in [-0.2, -0.15) is 0 Å². The van der Waals surface area contributed by atoms with Crippen LogP contribution in [0.15, 0.2) is 11.1 Å². The smallest absolute Gasteiger partial charge is 0.0776 e. The van der Waals surface area contributed by atoms with Crippen molar-refractivity contribution < 1.29 is 5.11 Å². The van der Waals surface area contributed by atoms with Gasteiger partial charge in [-0.25, -0.2) is 0 Å². The average Bonchev–Trinajstić information content (AvgIpc) is 2.51. The number of allylic oxidation sites excluding steroid dienone is 1. The molecule has 90 valence electrons. The van der Waals surface area contributed by atoms with Crippen LogP contribution in [0.2, 0.25) is 0 Å². The highest BCUT2D eigenvalue weighted by Gasteiger charge is 2.72. The SMILES string of the molecule is C[C@H]1CC[C@@]2(O)[C@@H](C3=C1CC[C@@H]3C)C2(C)C. The van der Waals surface area contributed by atoms with Gasteiger partial charge in [0.05, 0.1) is 5.60 Å². The van der Waals surface area contributed by atoms with Crippen LogP contribution >= 0.6 is 0 Å². The second-order valence-corrected chi connectivity index (χ2v) is 6.94. The van der Waals surface area contributed by atoms with E-state index in [0.29, 0.717) is 17.8 Å². The van der Waals surface area contributed by atoms with Crippen molar-refractivity contribution in [3.05, 3.63) is 11.1 Å². The first-order valence-corrected chi connectivity index (χ1v) is 6.85. The minimum atomic E-state index is -0.378. The van der Waals surface area contributed by atoms with Gasteiger partial charge < -0.3 is 5.11 Å². The molecule has 1 fully saturated rings. The van der Waals surface area contributed by atoms with Gasteiger partial charge in [0, 0.05) is 11.3 Å². The van der Waals surface area contributed by atoms with E-state index in [-0.39, 0.29) is 11.0 Å². The van der Waals surface area contributed by atoms with E-state index in [1.165, 1.54) is 19.3 Å². The van der Waals surface area contributed by atoms with Crippen LogP contribution in [0, 0.1) is 23.2 Å². The lowest BCUT2D eigenvalue weighted by molar-refractivity contribution is 0.0897. The standard InChI is InChI=1S/C15H24O/c1-9-7-8-15(16)13(14(15,3)4)12-10(2)5-6-11(9)12/h9-10,13,16H,5-8H2,1-4H3/t9-,10-,13-,15+/m0/s1. The molecule has 1 nitrogen and oxygen atoms in total. The fraction of sp³-hybridized carbons (Fsp3) is 0.867. The molecule has 0 aromatic heterocycles. The predicted octanol–water partition coefficient (Wildman–Crippen LogP) is 3.53. The molecule has 3 aliphatic rings. The van der Waals surface area contributed by atoms with E-state index in [0.717, 1.165) is 6.42 Å². The van der Waals surface area contributed by atoms with Gasteiger partial charge in [0.1, 0.15) is 0 Å². The molecule has 0 aliphatic heterocycles. The third-order valence-electron chi connectivity index (χ3n) is 5.84. The molecule has 0 heterocycles. The van der Waals surface area contributed by atoms with Gasteiger partial charge in [-0.1, -0.05) is 38.8 Å². The first-order chi connectivity index (χ1) is 7.39. The zero-order valence-electron chi connectivity index (χ0n) is 11.0. The van der Waals surface area contributed by atoms with E-state index >= 15 is 0 Å². The lowest BCUT2D eigenvalue weighted by atomic mass is 9.88. The van der Waals surface area contributed by atoms with Crippen LogP contribution in [-0.2, 0) is 0 Å². The van der Waals surface area contributed by atoms with Gasteiger partial charge >= 0.3 is 0 Å². The van der Waals surface area contributed by atoms with Gasteiger partial charge in [-0.3, -0.25) is 0 Å². The van der Waals surface area contributed by atoms with Crippen LogP contribution in [0.25, 0.3) is 0 Å². The summed E-state index contributed by atoms with van der Waals surface area (Å²) in [6.07, 6.45) is 4.80. The maximum absolute atomic E-state index is 10.8. The largest absolute Gasteiger partial charge is 0.389 e. The number of hydrogen-bond acceptors (Lipinski definition) is 1. The zero-order valence-corrected chi connectivity index (χ0v) is 11.0. The minimum Gasteiger partial charge on any atom is -0.389 e. The summed E-state index contributed by atoms with van der Waals surface area (Å²) in [6.45, 7) is 9.22. The Morgan fingerprint density at radius 3 is 2.50 bits per heavy atom. The number of hydrogen-bond donors (Lipinski definition) is 1. The average molecular weight is 220 g/mol. The fourth-order valence-corrected chi connectivity index (χ4v) is 4.54. The van der Waals surface area contributed by atoms with Crippen molar-refractivity contribution >= 4 is 0 Å². The quantitative estimate of drug-likeness (QED) is 0.619. The van der Waals surface area contributed by atoms with Crippen molar-refractivity contribution in [2.45, 2.75) is 59.0 Å². The van der Waals surface area contributed by atoms with E-state index < -0.39 is 0 Å². The first-order valence-electron chi connectivity index (χ1n) is 6.85. The molecule has 0 saturated heterocycles. The Hall–Kier alpha value is -0.300. The van der Waals surface area contributed by atoms with Gasteiger partial charge in [-0.15, -0.1) is 0 Å². The lowest BCUT2D eigenvalue weighted by Crippen LogP contribution is -2.17. The number of aliphatic hydroxyl groups is 1. The molecule has 0 aromatic carbocycles. The van der Waals surface area contributed by atoms with Crippen molar-refractivity contribution in [1.29, 1.82) is 0 Å². The predicted molar refractivity (Wildman–Crippen MR) is 66.0 cm³/mol. The first kappa shape index (κ1) is 10.8. The Kier molecular flexibility index (Phi) is 1.98. The molecule has 16 heavy (non-hydrogen) atoms. The Balaban J connectivity index is 2.07. The summed E-state index contributed by atoms with van der Waals surface area (Å²) < 4.78 is 0. The van der Waals surface area contributed by atoms with Gasteiger partial charge in [0.25, 0.3) is 0 Å². The topological polar surface area (TPSA) is 20.2 Å². The molecule has 1 heteroatoms. The summed E-state index contributed by atoms with van der Waals surface area (Å²) in [5.74, 6) is 1.90. The summed E-state index contributed by atoms with van der Waals surface area (Å²) in [5.41, 5.74) is 3.11. The van der Waals surface area contributed by atoms with Crippen LogP contribution < -0.4 is 0 Å². The Morgan fingerprint density at radius 1 is 1.12 bits per heavy atom. The van der Waals surface area contributed by atoms with Crippen LogP contribution in [0.3, 0.4) is 0 Å². The molecule has 1 N–H and O–H groups in total. The van der Waals surface area contributed by atoms with Crippen LogP contribution in [0.4, 0.5) is 0 Å². The molecule has 0 bridgehead atoms. The lowest BCUT2D eigenvalue weighted by Gasteiger charge is -2.18.